The van der Waals surface area contributed by atoms with E-state index in [-0.39, 0.29) is 18.1 Å². The van der Waals surface area contributed by atoms with Crippen molar-refractivity contribution < 1.29 is 4.79 Å². The molecule has 1 aromatic carbocycles. The summed E-state index contributed by atoms with van der Waals surface area (Å²) in [5, 5.41) is 3.11. The standard InChI is InChI=1S/C22H29N3O/c1-3-18-11-13-20(14-12-18)24-22(26)25(21-9-5-4-6-10-21)17(2)19-8-7-15-23-16-19/h7-8,11-17,21H,3-6,9-10H2,1-2H3,(H,24,26)/t17-/m0/s1. The van der Waals surface area contributed by atoms with E-state index in [9.17, 15) is 4.79 Å². The Kier molecular flexibility index (Phi) is 6.26. The monoisotopic (exact) mass is 351 g/mol. The van der Waals surface area contributed by atoms with Crippen LogP contribution in [0.15, 0.2) is 48.8 Å². The predicted octanol–water partition coefficient (Wildman–Crippen LogP) is 5.57. The van der Waals surface area contributed by atoms with E-state index in [0.29, 0.717) is 0 Å². The van der Waals surface area contributed by atoms with E-state index in [0.717, 1.165) is 30.5 Å². The van der Waals surface area contributed by atoms with Crippen molar-refractivity contribution in [3.8, 4) is 0 Å². The van der Waals surface area contributed by atoms with Crippen LogP contribution in [-0.4, -0.2) is 22.0 Å². The van der Waals surface area contributed by atoms with Crippen LogP contribution in [0.5, 0.6) is 0 Å². The lowest BCUT2D eigenvalue weighted by Crippen LogP contribution is -2.45. The lowest BCUT2D eigenvalue weighted by molar-refractivity contribution is 0.139. The summed E-state index contributed by atoms with van der Waals surface area (Å²) in [7, 11) is 0. The van der Waals surface area contributed by atoms with Crippen LogP contribution in [0.3, 0.4) is 0 Å². The molecule has 4 heteroatoms. The molecule has 0 aliphatic heterocycles. The fourth-order valence-electron chi connectivity index (χ4n) is 3.81. The van der Waals surface area contributed by atoms with Gasteiger partial charge >= 0.3 is 6.03 Å². The van der Waals surface area contributed by atoms with Gasteiger partial charge in [-0.3, -0.25) is 4.98 Å². The summed E-state index contributed by atoms with van der Waals surface area (Å²) in [5.74, 6) is 0. The highest BCUT2D eigenvalue weighted by Gasteiger charge is 2.30. The van der Waals surface area contributed by atoms with Crippen molar-refractivity contribution in [1.29, 1.82) is 0 Å². The number of hydrogen-bond acceptors (Lipinski definition) is 2. The third-order valence-corrected chi connectivity index (χ3v) is 5.40. The maximum Gasteiger partial charge on any atom is 0.322 e. The fourth-order valence-corrected chi connectivity index (χ4v) is 3.81. The van der Waals surface area contributed by atoms with Crippen LogP contribution in [-0.2, 0) is 6.42 Å². The molecule has 1 N–H and O–H groups in total. The number of nitrogens with zero attached hydrogens (tertiary/aromatic N) is 2. The number of carbonyl (C=O) groups excluding carboxylic acids is 1. The zero-order valence-electron chi connectivity index (χ0n) is 15.8. The van der Waals surface area contributed by atoms with Crippen molar-refractivity contribution in [2.24, 2.45) is 0 Å². The Bertz CT molecular complexity index is 693. The minimum Gasteiger partial charge on any atom is -0.315 e. The number of aryl methyl sites for hydroxylation is 1. The maximum absolute atomic E-state index is 13.2. The smallest absolute Gasteiger partial charge is 0.315 e. The Balaban J connectivity index is 1.80. The van der Waals surface area contributed by atoms with Gasteiger partial charge in [0, 0.05) is 24.1 Å². The molecule has 0 unspecified atom stereocenters. The summed E-state index contributed by atoms with van der Waals surface area (Å²) in [5.41, 5.74) is 3.21. The third-order valence-electron chi connectivity index (χ3n) is 5.40. The van der Waals surface area contributed by atoms with Crippen LogP contribution in [0.25, 0.3) is 0 Å². The molecule has 1 aromatic heterocycles. The van der Waals surface area contributed by atoms with Gasteiger partial charge in [-0.25, -0.2) is 4.79 Å². The molecule has 1 saturated carbocycles. The average molecular weight is 351 g/mol. The van der Waals surface area contributed by atoms with Gasteiger partial charge in [-0.1, -0.05) is 44.4 Å². The summed E-state index contributed by atoms with van der Waals surface area (Å²) >= 11 is 0. The number of benzene rings is 1. The molecule has 1 aliphatic carbocycles. The Labute approximate surface area is 156 Å². The van der Waals surface area contributed by atoms with Crippen molar-refractivity contribution >= 4 is 11.7 Å². The number of anilines is 1. The van der Waals surface area contributed by atoms with E-state index in [2.05, 4.69) is 42.3 Å². The fraction of sp³-hybridized carbons (Fsp3) is 0.455. The zero-order valence-corrected chi connectivity index (χ0v) is 15.8. The van der Waals surface area contributed by atoms with Gasteiger partial charge < -0.3 is 10.2 Å². The topological polar surface area (TPSA) is 45.2 Å². The van der Waals surface area contributed by atoms with Gasteiger partial charge in [0.25, 0.3) is 0 Å². The molecule has 3 rings (SSSR count). The van der Waals surface area contributed by atoms with Crippen molar-refractivity contribution in [2.75, 3.05) is 5.32 Å². The SMILES string of the molecule is CCc1ccc(NC(=O)N(C2CCCCC2)[C@@H](C)c2cccnc2)cc1. The average Bonchev–Trinajstić information content (AvgIpc) is 2.70. The van der Waals surface area contributed by atoms with Gasteiger partial charge in [0.05, 0.1) is 6.04 Å². The van der Waals surface area contributed by atoms with E-state index in [4.69, 9.17) is 0 Å². The first kappa shape index (κ1) is 18.4. The van der Waals surface area contributed by atoms with Gasteiger partial charge in [0.2, 0.25) is 0 Å². The van der Waals surface area contributed by atoms with Gasteiger partial charge in [-0.2, -0.15) is 0 Å². The highest BCUT2D eigenvalue weighted by Crippen LogP contribution is 2.30. The molecule has 1 atom stereocenters. The zero-order chi connectivity index (χ0) is 18.4. The molecule has 2 aromatic rings. The molecule has 1 heterocycles. The second-order valence-corrected chi connectivity index (χ2v) is 7.14. The maximum atomic E-state index is 13.2. The Hall–Kier alpha value is -2.36. The number of carbonyl (C=O) groups is 1. The number of amides is 2. The number of pyridine rings is 1. The molecule has 0 bridgehead atoms. The van der Waals surface area contributed by atoms with Crippen molar-refractivity contribution in [1.82, 2.24) is 9.88 Å². The molecular formula is C22H29N3O. The minimum absolute atomic E-state index is 0.00159. The molecule has 26 heavy (non-hydrogen) atoms. The normalized spacial score (nSPS) is 16.1. The first-order valence-electron chi connectivity index (χ1n) is 9.77. The molecule has 0 saturated heterocycles. The van der Waals surface area contributed by atoms with Crippen LogP contribution < -0.4 is 5.32 Å². The second-order valence-electron chi connectivity index (χ2n) is 7.14. The van der Waals surface area contributed by atoms with Crippen LogP contribution >= 0.6 is 0 Å². The Morgan fingerprint density at radius 3 is 2.54 bits per heavy atom. The number of hydrogen-bond donors (Lipinski definition) is 1. The van der Waals surface area contributed by atoms with E-state index in [1.165, 1.54) is 24.8 Å². The third kappa shape index (κ3) is 4.43. The van der Waals surface area contributed by atoms with Crippen LogP contribution in [0, 0.1) is 0 Å². The van der Waals surface area contributed by atoms with Crippen molar-refractivity contribution in [2.45, 2.75) is 64.5 Å². The van der Waals surface area contributed by atoms with Gasteiger partial charge in [-0.15, -0.1) is 0 Å². The Morgan fingerprint density at radius 1 is 1.19 bits per heavy atom. The quantitative estimate of drug-likeness (QED) is 0.765. The Morgan fingerprint density at radius 2 is 1.92 bits per heavy atom. The molecule has 138 valence electrons. The molecule has 1 fully saturated rings. The molecule has 4 nitrogen and oxygen atoms in total. The van der Waals surface area contributed by atoms with Gasteiger partial charge in [-0.05, 0) is 55.5 Å². The molecule has 0 radical (unpaired) electrons. The number of aromatic nitrogens is 1. The van der Waals surface area contributed by atoms with Gasteiger partial charge in [0.15, 0.2) is 0 Å². The van der Waals surface area contributed by atoms with E-state index < -0.39 is 0 Å². The first-order chi connectivity index (χ1) is 12.7. The van der Waals surface area contributed by atoms with E-state index in [1.54, 1.807) is 6.20 Å². The summed E-state index contributed by atoms with van der Waals surface area (Å²) < 4.78 is 0. The summed E-state index contributed by atoms with van der Waals surface area (Å²) in [6.07, 6.45) is 10.4. The molecule has 0 spiro atoms. The van der Waals surface area contributed by atoms with E-state index >= 15 is 0 Å². The minimum atomic E-state index is -0.0162. The number of nitrogens with one attached hydrogen (secondary N) is 1. The predicted molar refractivity (Wildman–Crippen MR) is 106 cm³/mol. The highest BCUT2D eigenvalue weighted by atomic mass is 16.2. The van der Waals surface area contributed by atoms with Crippen LogP contribution in [0.4, 0.5) is 10.5 Å². The molecular weight excluding hydrogens is 322 g/mol. The van der Waals surface area contributed by atoms with Crippen LogP contribution in [0.2, 0.25) is 0 Å². The largest absolute Gasteiger partial charge is 0.322 e. The second kappa shape index (κ2) is 8.84. The summed E-state index contributed by atoms with van der Waals surface area (Å²) in [4.78, 5) is 19.4. The molecule has 2 amide bonds. The lowest BCUT2D eigenvalue weighted by Gasteiger charge is -2.38. The summed E-state index contributed by atoms with van der Waals surface area (Å²) in [6.45, 7) is 4.24. The highest BCUT2D eigenvalue weighted by molar-refractivity contribution is 5.89. The number of rotatable bonds is 5. The van der Waals surface area contributed by atoms with Crippen molar-refractivity contribution in [3.63, 3.8) is 0 Å². The van der Waals surface area contributed by atoms with Crippen molar-refractivity contribution in [3.05, 3.63) is 59.9 Å². The van der Waals surface area contributed by atoms with Gasteiger partial charge in [0.1, 0.15) is 0 Å². The first-order valence-corrected chi connectivity index (χ1v) is 9.77. The van der Waals surface area contributed by atoms with Crippen LogP contribution in [0.1, 0.15) is 63.1 Å². The summed E-state index contributed by atoms with van der Waals surface area (Å²) in [6, 6.07) is 12.4. The molecule has 1 aliphatic rings. The van der Waals surface area contributed by atoms with E-state index in [1.807, 2.05) is 29.3 Å². The number of urea groups is 1. The lowest BCUT2D eigenvalue weighted by atomic mass is 9.92.